The van der Waals surface area contributed by atoms with Gasteiger partial charge in [-0.05, 0) is 51.1 Å². The van der Waals surface area contributed by atoms with E-state index in [4.69, 9.17) is 33.3 Å². The molecule has 37 heavy (non-hydrogen) atoms. The highest BCUT2D eigenvalue weighted by Gasteiger charge is 2.46. The first-order chi connectivity index (χ1) is 17.5. The number of hydrogen-bond donors (Lipinski definition) is 1. The molecular weight excluding hydrogens is 552 g/mol. The van der Waals surface area contributed by atoms with Gasteiger partial charge in [0.1, 0.15) is 9.81 Å². The molecule has 2 heterocycles. The van der Waals surface area contributed by atoms with Gasteiger partial charge >= 0.3 is 18.0 Å². The second-order valence-corrected chi connectivity index (χ2v) is 11.8. The van der Waals surface area contributed by atoms with Crippen LogP contribution in [0.2, 0.25) is 5.02 Å². The number of ether oxygens (including phenoxy) is 2. The van der Waals surface area contributed by atoms with Crippen LogP contribution in [0.15, 0.2) is 56.5 Å². The van der Waals surface area contributed by atoms with Crippen LogP contribution in [0, 0.1) is 6.92 Å². The van der Waals surface area contributed by atoms with Crippen molar-refractivity contribution < 1.29 is 23.9 Å². The van der Waals surface area contributed by atoms with E-state index in [0.717, 1.165) is 34.7 Å². The highest BCUT2D eigenvalue weighted by molar-refractivity contribution is 8.29. The van der Waals surface area contributed by atoms with Gasteiger partial charge < -0.3 is 14.8 Å². The lowest BCUT2D eigenvalue weighted by molar-refractivity contribution is -0.138. The van der Waals surface area contributed by atoms with E-state index in [-0.39, 0.29) is 15.8 Å². The lowest BCUT2D eigenvalue weighted by Gasteiger charge is -2.45. The lowest BCUT2D eigenvalue weighted by atomic mass is 9.83. The van der Waals surface area contributed by atoms with Crippen LogP contribution < -0.4 is 10.2 Å². The van der Waals surface area contributed by atoms with Crippen LogP contribution in [0.1, 0.15) is 25.0 Å². The molecule has 11 heteroatoms. The molecule has 2 aliphatic rings. The zero-order valence-corrected chi connectivity index (χ0v) is 23.8. The summed E-state index contributed by atoms with van der Waals surface area (Å²) in [5.74, 6) is -1.28. The molecule has 0 saturated heterocycles. The van der Waals surface area contributed by atoms with Gasteiger partial charge in [0.2, 0.25) is 0 Å². The van der Waals surface area contributed by atoms with E-state index in [1.165, 1.54) is 14.2 Å². The van der Waals surface area contributed by atoms with Gasteiger partial charge in [-0.1, -0.05) is 65.0 Å². The molecule has 0 fully saturated rings. The minimum atomic E-state index is -0.941. The zero-order chi connectivity index (χ0) is 27.1. The summed E-state index contributed by atoms with van der Waals surface area (Å²) in [4.78, 5) is 41.0. The van der Waals surface area contributed by atoms with Gasteiger partial charge in [0.15, 0.2) is 0 Å². The third-order valence-electron chi connectivity index (χ3n) is 5.82. The second-order valence-electron chi connectivity index (χ2n) is 8.69. The number of urea groups is 1. The molecule has 0 aliphatic carbocycles. The standard InChI is InChI=1S/C26H23ClN2O5S3/c1-13-9-10-17-16(11-13)18(24-36-19(22(30)33-4)20(37-24)23(31)34-5)21(35)26(2,3)29(17)25(32)28-15-8-6-7-14(27)12-15/h6-12H,1-5H3,(H,28,32). The number of methoxy groups -OCH3 is 2. The highest BCUT2D eigenvalue weighted by Crippen LogP contribution is 2.56. The highest BCUT2D eigenvalue weighted by atomic mass is 35.5. The minimum absolute atomic E-state index is 0.137. The molecule has 2 amide bonds. The Balaban J connectivity index is 1.85. The minimum Gasteiger partial charge on any atom is -0.465 e. The molecule has 0 bridgehead atoms. The van der Waals surface area contributed by atoms with Crippen molar-refractivity contribution in [2.45, 2.75) is 26.3 Å². The third kappa shape index (κ3) is 5.03. The normalized spacial score (nSPS) is 16.5. The van der Waals surface area contributed by atoms with Gasteiger partial charge in [-0.2, -0.15) is 0 Å². The van der Waals surface area contributed by atoms with Crippen molar-refractivity contribution in [1.29, 1.82) is 0 Å². The number of nitrogens with zero attached hydrogens (tertiary/aromatic N) is 1. The van der Waals surface area contributed by atoms with Crippen molar-refractivity contribution in [3.05, 3.63) is 72.7 Å². The van der Waals surface area contributed by atoms with E-state index in [1.807, 2.05) is 39.0 Å². The molecule has 0 aromatic heterocycles. The monoisotopic (exact) mass is 574 g/mol. The Labute approximate surface area is 233 Å². The smallest absolute Gasteiger partial charge is 0.346 e. The van der Waals surface area contributed by atoms with Gasteiger partial charge in [-0.15, -0.1) is 0 Å². The largest absolute Gasteiger partial charge is 0.465 e. The molecular formula is C26H23ClN2O5S3. The van der Waals surface area contributed by atoms with Crippen LogP contribution in [-0.4, -0.2) is 42.6 Å². The molecule has 2 aromatic rings. The summed E-state index contributed by atoms with van der Waals surface area (Å²) in [5.41, 5.74) is 2.60. The number of nitrogens with one attached hydrogen (secondary N) is 1. The number of hydrogen-bond acceptors (Lipinski definition) is 8. The zero-order valence-electron chi connectivity index (χ0n) is 20.6. The van der Waals surface area contributed by atoms with Crippen LogP contribution in [0.4, 0.5) is 16.2 Å². The maximum absolute atomic E-state index is 13.6. The summed E-state index contributed by atoms with van der Waals surface area (Å²) in [7, 11) is 2.51. The number of amides is 2. The molecule has 4 rings (SSSR count). The molecule has 0 unspecified atom stereocenters. The number of thioether (sulfide) groups is 2. The van der Waals surface area contributed by atoms with Gasteiger partial charge in [0.05, 0.1) is 34.5 Å². The Morgan fingerprint density at radius 2 is 1.62 bits per heavy atom. The first kappa shape index (κ1) is 27.3. The molecule has 1 N–H and O–H groups in total. The van der Waals surface area contributed by atoms with Crippen molar-refractivity contribution >= 4 is 87.1 Å². The molecule has 192 valence electrons. The van der Waals surface area contributed by atoms with Gasteiger partial charge in [0.25, 0.3) is 0 Å². The molecule has 0 atom stereocenters. The molecule has 2 aliphatic heterocycles. The Kier molecular flexibility index (Phi) is 7.75. The average molecular weight is 575 g/mol. The van der Waals surface area contributed by atoms with E-state index in [9.17, 15) is 14.4 Å². The Morgan fingerprint density at radius 1 is 1.00 bits per heavy atom. The van der Waals surface area contributed by atoms with E-state index in [2.05, 4.69) is 5.32 Å². The number of fused-ring (bicyclic) bond motifs is 1. The lowest BCUT2D eigenvalue weighted by Crippen LogP contribution is -2.57. The van der Waals surface area contributed by atoms with Crippen molar-refractivity contribution in [2.24, 2.45) is 0 Å². The first-order valence-corrected chi connectivity index (χ1v) is 13.4. The van der Waals surface area contributed by atoms with Crippen LogP contribution in [-0.2, 0) is 19.1 Å². The third-order valence-corrected chi connectivity index (χ3v) is 9.32. The predicted octanol–water partition coefficient (Wildman–Crippen LogP) is 6.56. The van der Waals surface area contributed by atoms with Gasteiger partial charge in [0, 0.05) is 21.8 Å². The number of benzene rings is 2. The fourth-order valence-electron chi connectivity index (χ4n) is 4.04. The Hall–Kier alpha value is -2.79. The maximum Gasteiger partial charge on any atom is 0.346 e. The molecule has 2 aromatic carbocycles. The molecule has 7 nitrogen and oxygen atoms in total. The number of halogens is 1. The van der Waals surface area contributed by atoms with Crippen LogP contribution in [0.3, 0.4) is 0 Å². The quantitative estimate of drug-likeness (QED) is 0.251. The predicted molar refractivity (Wildman–Crippen MR) is 154 cm³/mol. The van der Waals surface area contributed by atoms with Crippen LogP contribution in [0.5, 0.6) is 0 Å². The topological polar surface area (TPSA) is 84.9 Å². The Morgan fingerprint density at radius 3 is 2.19 bits per heavy atom. The Bertz CT molecular complexity index is 1390. The van der Waals surface area contributed by atoms with E-state index >= 15 is 0 Å². The number of carbonyl (C=O) groups is 3. The molecule has 0 radical (unpaired) electrons. The number of carbonyl (C=O) groups excluding carboxylic acids is 3. The van der Waals surface area contributed by atoms with Gasteiger partial charge in [-0.3, -0.25) is 4.90 Å². The fourth-order valence-corrected chi connectivity index (χ4v) is 7.27. The van der Waals surface area contributed by atoms with Crippen molar-refractivity contribution in [1.82, 2.24) is 0 Å². The van der Waals surface area contributed by atoms with Crippen molar-refractivity contribution in [2.75, 3.05) is 24.4 Å². The van der Waals surface area contributed by atoms with Crippen LogP contribution in [0.25, 0.3) is 5.57 Å². The average Bonchev–Trinajstić information content (AvgIpc) is 3.29. The van der Waals surface area contributed by atoms with E-state index in [0.29, 0.717) is 31.1 Å². The first-order valence-electron chi connectivity index (χ1n) is 11.0. The van der Waals surface area contributed by atoms with Crippen molar-refractivity contribution in [3.8, 4) is 0 Å². The summed E-state index contributed by atoms with van der Waals surface area (Å²) in [6.45, 7) is 5.65. The summed E-state index contributed by atoms with van der Waals surface area (Å²) >= 11 is 14.3. The number of thiocarbonyl (C=S) groups is 1. The van der Waals surface area contributed by atoms with E-state index in [1.54, 1.807) is 29.2 Å². The van der Waals surface area contributed by atoms with E-state index < -0.39 is 17.5 Å². The van der Waals surface area contributed by atoms with Crippen molar-refractivity contribution in [3.63, 3.8) is 0 Å². The number of aryl methyl sites for hydroxylation is 1. The van der Waals surface area contributed by atoms with Crippen LogP contribution >= 0.6 is 47.3 Å². The molecule has 0 saturated carbocycles. The van der Waals surface area contributed by atoms with Gasteiger partial charge in [-0.25, -0.2) is 14.4 Å². The SMILES string of the molecule is COC(=O)C1=C(C(=O)OC)SC(=C2C(=S)C(C)(C)N(C(=O)Nc3cccc(Cl)c3)c3ccc(C)cc32)S1. The number of rotatable bonds is 3. The summed E-state index contributed by atoms with van der Waals surface area (Å²) in [5, 5.41) is 3.41. The second kappa shape index (κ2) is 10.5. The number of esters is 2. The number of anilines is 2. The summed E-state index contributed by atoms with van der Waals surface area (Å²) in [6, 6.07) is 12.2. The fraction of sp³-hybridized carbons (Fsp3) is 0.231. The summed E-state index contributed by atoms with van der Waals surface area (Å²) < 4.78 is 10.4. The molecule has 0 spiro atoms. The summed E-state index contributed by atoms with van der Waals surface area (Å²) in [6.07, 6.45) is 0. The maximum atomic E-state index is 13.6.